The molecule has 2 saturated heterocycles. The molecule has 0 radical (unpaired) electrons. The topological polar surface area (TPSA) is 86.4 Å². The maximum atomic E-state index is 12.4. The summed E-state index contributed by atoms with van der Waals surface area (Å²) in [6.07, 6.45) is 5.92. The molecule has 2 atom stereocenters. The number of carbonyl (C=O) groups is 2. The van der Waals surface area contributed by atoms with Gasteiger partial charge in [-0.25, -0.2) is 9.78 Å². The summed E-state index contributed by atoms with van der Waals surface area (Å²) in [6.45, 7) is 2.23. The molecule has 29 heavy (non-hydrogen) atoms. The molecule has 0 aliphatic carbocycles. The van der Waals surface area contributed by atoms with Gasteiger partial charge in [0.25, 0.3) is 5.91 Å². The Kier molecular flexibility index (Phi) is 5.97. The third-order valence-electron chi connectivity index (χ3n) is 5.51. The van der Waals surface area contributed by atoms with E-state index in [2.05, 4.69) is 25.8 Å². The molecule has 2 aromatic rings. The summed E-state index contributed by atoms with van der Waals surface area (Å²) in [6, 6.07) is 10.7. The smallest absolute Gasteiger partial charge is 0.319 e. The average Bonchev–Trinajstić information content (AvgIpc) is 3.17. The van der Waals surface area contributed by atoms with Crippen molar-refractivity contribution in [3.05, 3.63) is 53.2 Å². The van der Waals surface area contributed by atoms with Gasteiger partial charge >= 0.3 is 6.03 Å². The van der Waals surface area contributed by atoms with E-state index < -0.39 is 0 Å². The second kappa shape index (κ2) is 8.80. The van der Waals surface area contributed by atoms with Crippen LogP contribution in [-0.4, -0.2) is 47.0 Å². The summed E-state index contributed by atoms with van der Waals surface area (Å²) in [5, 5.41) is 9.12. The number of anilines is 2. The first-order valence-corrected chi connectivity index (χ1v) is 10.3. The lowest BCUT2D eigenvalue weighted by Gasteiger charge is -2.35. The zero-order valence-corrected chi connectivity index (χ0v) is 16.8. The van der Waals surface area contributed by atoms with E-state index in [4.69, 9.17) is 11.6 Å². The van der Waals surface area contributed by atoms with Crippen LogP contribution in [0.25, 0.3) is 0 Å². The minimum Gasteiger partial charge on any atom is -0.335 e. The van der Waals surface area contributed by atoms with Crippen LogP contribution in [0, 0.1) is 0 Å². The van der Waals surface area contributed by atoms with E-state index in [0.29, 0.717) is 28.1 Å². The van der Waals surface area contributed by atoms with Crippen molar-refractivity contribution in [1.29, 1.82) is 0 Å². The lowest BCUT2D eigenvalue weighted by molar-refractivity contribution is 0.102. The quantitative estimate of drug-likeness (QED) is 0.712. The van der Waals surface area contributed by atoms with Crippen molar-refractivity contribution in [1.82, 2.24) is 15.2 Å². The SMILES string of the molecule is O=C(Nc1cccc(C(=O)Nc2ccc(Cl)cn2)c1)NC1CCN2CCCC2C1. The Morgan fingerprint density at radius 3 is 2.83 bits per heavy atom. The maximum Gasteiger partial charge on any atom is 0.319 e. The normalized spacial score (nSPS) is 21.3. The van der Waals surface area contributed by atoms with Crippen LogP contribution in [0.2, 0.25) is 5.02 Å². The third-order valence-corrected chi connectivity index (χ3v) is 5.73. The van der Waals surface area contributed by atoms with Crippen molar-refractivity contribution in [2.75, 3.05) is 23.7 Å². The molecule has 1 aromatic heterocycles. The highest BCUT2D eigenvalue weighted by Gasteiger charge is 2.32. The number of amides is 3. The Balaban J connectivity index is 1.32. The molecule has 8 heteroatoms. The number of pyridine rings is 1. The number of halogens is 1. The molecule has 0 bridgehead atoms. The van der Waals surface area contributed by atoms with Gasteiger partial charge in [-0.15, -0.1) is 0 Å². The van der Waals surface area contributed by atoms with Gasteiger partial charge in [0.2, 0.25) is 0 Å². The molecule has 2 fully saturated rings. The highest BCUT2D eigenvalue weighted by atomic mass is 35.5. The van der Waals surface area contributed by atoms with Gasteiger partial charge in [-0.2, -0.15) is 0 Å². The van der Waals surface area contributed by atoms with E-state index in [9.17, 15) is 9.59 Å². The van der Waals surface area contributed by atoms with Crippen molar-refractivity contribution in [2.24, 2.45) is 0 Å². The number of rotatable bonds is 4. The number of fused-ring (bicyclic) bond motifs is 1. The lowest BCUT2D eigenvalue weighted by atomic mass is 9.98. The van der Waals surface area contributed by atoms with Gasteiger partial charge in [0, 0.05) is 36.1 Å². The van der Waals surface area contributed by atoms with E-state index >= 15 is 0 Å². The summed E-state index contributed by atoms with van der Waals surface area (Å²) < 4.78 is 0. The molecule has 0 saturated carbocycles. The second-order valence-corrected chi connectivity index (χ2v) is 7.98. The molecule has 2 aliphatic heterocycles. The van der Waals surface area contributed by atoms with Gasteiger partial charge in [0.05, 0.1) is 5.02 Å². The fourth-order valence-electron chi connectivity index (χ4n) is 4.08. The van der Waals surface area contributed by atoms with E-state index in [-0.39, 0.29) is 18.0 Å². The molecule has 152 valence electrons. The summed E-state index contributed by atoms with van der Waals surface area (Å²) in [5.41, 5.74) is 0.997. The molecule has 0 spiro atoms. The van der Waals surface area contributed by atoms with Crippen LogP contribution in [0.3, 0.4) is 0 Å². The number of urea groups is 1. The van der Waals surface area contributed by atoms with Gasteiger partial charge < -0.3 is 20.9 Å². The summed E-state index contributed by atoms with van der Waals surface area (Å²) in [7, 11) is 0. The van der Waals surface area contributed by atoms with Crippen molar-refractivity contribution in [2.45, 2.75) is 37.8 Å². The number of hydrogen-bond acceptors (Lipinski definition) is 4. The summed E-state index contributed by atoms with van der Waals surface area (Å²) in [4.78, 5) is 31.4. The molecule has 3 N–H and O–H groups in total. The first kappa shape index (κ1) is 19.7. The van der Waals surface area contributed by atoms with Crippen LogP contribution in [0.5, 0.6) is 0 Å². The minimum absolute atomic E-state index is 0.191. The van der Waals surface area contributed by atoms with Crippen LogP contribution in [0.1, 0.15) is 36.0 Å². The number of aromatic nitrogens is 1. The first-order valence-electron chi connectivity index (χ1n) is 9.91. The summed E-state index contributed by atoms with van der Waals surface area (Å²) in [5.74, 6) is 0.103. The molecule has 2 unspecified atom stereocenters. The van der Waals surface area contributed by atoms with Gasteiger partial charge in [0.15, 0.2) is 0 Å². The monoisotopic (exact) mass is 413 g/mol. The number of benzene rings is 1. The van der Waals surface area contributed by atoms with Gasteiger partial charge in [-0.1, -0.05) is 17.7 Å². The molecule has 7 nitrogen and oxygen atoms in total. The predicted octanol–water partition coefficient (Wildman–Crippen LogP) is 3.74. The zero-order chi connectivity index (χ0) is 20.2. The van der Waals surface area contributed by atoms with E-state index in [0.717, 1.165) is 19.4 Å². The van der Waals surface area contributed by atoms with Crippen molar-refractivity contribution in [3.8, 4) is 0 Å². The van der Waals surface area contributed by atoms with Crippen LogP contribution in [0.15, 0.2) is 42.6 Å². The van der Waals surface area contributed by atoms with Gasteiger partial charge in [0.1, 0.15) is 5.82 Å². The third kappa shape index (κ3) is 5.05. The average molecular weight is 414 g/mol. The molecule has 3 amide bonds. The number of carbonyl (C=O) groups excluding carboxylic acids is 2. The zero-order valence-electron chi connectivity index (χ0n) is 16.0. The molecule has 3 heterocycles. The van der Waals surface area contributed by atoms with Crippen molar-refractivity contribution < 1.29 is 9.59 Å². The lowest BCUT2D eigenvalue weighted by Crippen LogP contribution is -2.48. The van der Waals surface area contributed by atoms with Crippen LogP contribution < -0.4 is 16.0 Å². The highest BCUT2D eigenvalue weighted by Crippen LogP contribution is 2.26. The van der Waals surface area contributed by atoms with Crippen LogP contribution >= 0.6 is 11.6 Å². The van der Waals surface area contributed by atoms with E-state index in [1.54, 1.807) is 36.4 Å². The standard InChI is InChI=1S/C21H24ClN5O2/c22-15-6-7-19(23-13-15)26-20(28)14-3-1-4-16(11-14)24-21(29)25-17-8-10-27-9-2-5-18(27)12-17/h1,3-4,6-7,11,13,17-18H,2,5,8-10,12H2,(H,23,26,28)(H2,24,25,29). The summed E-state index contributed by atoms with van der Waals surface area (Å²) >= 11 is 5.81. The highest BCUT2D eigenvalue weighted by molar-refractivity contribution is 6.30. The predicted molar refractivity (Wildman–Crippen MR) is 113 cm³/mol. The van der Waals surface area contributed by atoms with Gasteiger partial charge in [-0.05, 0) is 62.6 Å². The largest absolute Gasteiger partial charge is 0.335 e. The fourth-order valence-corrected chi connectivity index (χ4v) is 4.20. The number of hydrogen-bond donors (Lipinski definition) is 3. The first-order chi connectivity index (χ1) is 14.1. The second-order valence-electron chi connectivity index (χ2n) is 7.55. The minimum atomic E-state index is -0.308. The van der Waals surface area contributed by atoms with Gasteiger partial charge in [-0.3, -0.25) is 4.79 Å². The molecule has 1 aromatic carbocycles. The molecule has 4 rings (SSSR count). The fraction of sp³-hybridized carbons (Fsp3) is 0.381. The van der Waals surface area contributed by atoms with Crippen LogP contribution in [0.4, 0.5) is 16.3 Å². The number of nitrogens with one attached hydrogen (secondary N) is 3. The van der Waals surface area contributed by atoms with E-state index in [1.165, 1.54) is 25.6 Å². The number of piperidine rings is 1. The Labute approximate surface area is 174 Å². The Morgan fingerprint density at radius 2 is 2.00 bits per heavy atom. The molecule has 2 aliphatic rings. The number of nitrogens with zero attached hydrogens (tertiary/aromatic N) is 2. The van der Waals surface area contributed by atoms with Crippen molar-refractivity contribution in [3.63, 3.8) is 0 Å². The Hall–Kier alpha value is -2.64. The molecular weight excluding hydrogens is 390 g/mol. The maximum absolute atomic E-state index is 12.4. The van der Waals surface area contributed by atoms with Crippen molar-refractivity contribution >= 4 is 35.0 Å². The Bertz CT molecular complexity index is 889. The molecular formula is C21H24ClN5O2. The van der Waals surface area contributed by atoms with Crippen LogP contribution in [-0.2, 0) is 0 Å². The van der Waals surface area contributed by atoms with E-state index in [1.807, 2.05) is 0 Å². The Morgan fingerprint density at radius 1 is 1.10 bits per heavy atom.